The van der Waals surface area contributed by atoms with Gasteiger partial charge in [-0.15, -0.1) is 11.3 Å². The van der Waals surface area contributed by atoms with Crippen molar-refractivity contribution in [3.05, 3.63) is 59.2 Å². The van der Waals surface area contributed by atoms with E-state index in [9.17, 15) is 0 Å². The Morgan fingerprint density at radius 1 is 0.893 bits per heavy atom. The summed E-state index contributed by atoms with van der Waals surface area (Å²) in [6.45, 7) is 4.21. The second-order valence-electron chi connectivity index (χ2n) is 6.55. The molecule has 142 valence electrons. The average Bonchev–Trinajstić information content (AvgIpc) is 3.15. The second-order valence-corrected chi connectivity index (χ2v) is 7.40. The van der Waals surface area contributed by atoms with E-state index >= 15 is 0 Å². The first-order valence-corrected chi connectivity index (χ1v) is 9.77. The molecule has 0 fully saturated rings. The van der Waals surface area contributed by atoms with Gasteiger partial charge < -0.3 is 14.8 Å². The van der Waals surface area contributed by atoms with Crippen LogP contribution in [-0.4, -0.2) is 24.2 Å². The van der Waals surface area contributed by atoms with Crippen LogP contribution in [-0.2, 0) is 0 Å². The summed E-state index contributed by atoms with van der Waals surface area (Å²) in [7, 11) is 3.28. The smallest absolute Gasteiger partial charge is 0.161 e. The summed E-state index contributed by atoms with van der Waals surface area (Å²) in [5, 5.41) is 6.56. The quantitative estimate of drug-likeness (QED) is 0.470. The van der Waals surface area contributed by atoms with Crippen molar-refractivity contribution in [2.45, 2.75) is 13.8 Å². The van der Waals surface area contributed by atoms with Crippen molar-refractivity contribution >= 4 is 33.1 Å². The predicted octanol–water partition coefficient (Wildman–Crippen LogP) is 5.74. The molecule has 2 aromatic heterocycles. The topological polar surface area (TPSA) is 56.3 Å². The van der Waals surface area contributed by atoms with E-state index in [0.717, 1.165) is 32.8 Å². The molecule has 0 unspecified atom stereocenters. The van der Waals surface area contributed by atoms with Crippen LogP contribution in [0.1, 0.15) is 11.1 Å². The number of fused-ring (bicyclic) bond motifs is 1. The first-order valence-electron chi connectivity index (χ1n) is 8.89. The normalized spacial score (nSPS) is 10.9. The molecule has 0 amide bonds. The summed E-state index contributed by atoms with van der Waals surface area (Å²) in [5.74, 6) is 2.19. The maximum absolute atomic E-state index is 5.47. The number of hydrogen-bond donors (Lipinski definition) is 1. The highest BCUT2D eigenvalue weighted by atomic mass is 32.1. The highest BCUT2D eigenvalue weighted by Gasteiger charge is 2.15. The Morgan fingerprint density at radius 3 is 2.46 bits per heavy atom. The highest BCUT2D eigenvalue weighted by Crippen LogP contribution is 2.40. The molecule has 1 N–H and O–H groups in total. The molecule has 0 aliphatic heterocycles. The van der Waals surface area contributed by atoms with E-state index in [4.69, 9.17) is 9.47 Å². The van der Waals surface area contributed by atoms with Gasteiger partial charge in [0.1, 0.15) is 17.0 Å². The number of ether oxygens (including phenoxy) is 2. The van der Waals surface area contributed by atoms with Gasteiger partial charge in [0.25, 0.3) is 0 Å². The molecule has 0 atom stereocenters. The van der Waals surface area contributed by atoms with Crippen LogP contribution < -0.4 is 14.8 Å². The number of rotatable bonds is 5. The molecule has 0 saturated heterocycles. The molecule has 6 heteroatoms. The van der Waals surface area contributed by atoms with Crippen molar-refractivity contribution < 1.29 is 9.47 Å². The zero-order valence-electron chi connectivity index (χ0n) is 16.2. The van der Waals surface area contributed by atoms with Gasteiger partial charge in [0.15, 0.2) is 11.5 Å². The number of nitrogens with zero attached hydrogens (tertiary/aromatic N) is 2. The fourth-order valence-electron chi connectivity index (χ4n) is 3.14. The van der Waals surface area contributed by atoms with Crippen LogP contribution in [0.5, 0.6) is 11.5 Å². The Hall–Kier alpha value is -3.12. The molecule has 0 spiro atoms. The molecule has 4 rings (SSSR count). The van der Waals surface area contributed by atoms with Gasteiger partial charge in [-0.25, -0.2) is 9.97 Å². The molecule has 0 bridgehead atoms. The Labute approximate surface area is 168 Å². The molecule has 2 heterocycles. The minimum atomic E-state index is 0.694. The lowest BCUT2D eigenvalue weighted by atomic mass is 10.0. The fourth-order valence-corrected chi connectivity index (χ4v) is 4.06. The number of aromatic nitrogens is 2. The second kappa shape index (κ2) is 7.48. The maximum atomic E-state index is 5.47. The highest BCUT2D eigenvalue weighted by molar-refractivity contribution is 7.17. The van der Waals surface area contributed by atoms with E-state index < -0.39 is 0 Å². The van der Waals surface area contributed by atoms with Crippen molar-refractivity contribution in [2.24, 2.45) is 0 Å². The van der Waals surface area contributed by atoms with Gasteiger partial charge in [-0.3, -0.25) is 0 Å². The standard InChI is InChI=1S/C22H21N3O2S/c1-13-5-7-16(9-14(13)2)25-21-20-17(11-28-22(20)24-12-23-21)15-6-8-18(26-3)19(10-15)27-4/h5-12H,1-4H3,(H,23,24,25). The Morgan fingerprint density at radius 2 is 1.71 bits per heavy atom. The van der Waals surface area contributed by atoms with Crippen molar-refractivity contribution in [3.8, 4) is 22.6 Å². The van der Waals surface area contributed by atoms with E-state index in [2.05, 4.69) is 52.7 Å². The molecule has 0 radical (unpaired) electrons. The number of anilines is 2. The lowest BCUT2D eigenvalue weighted by Gasteiger charge is -2.12. The van der Waals surface area contributed by atoms with Crippen molar-refractivity contribution in [1.82, 2.24) is 9.97 Å². The van der Waals surface area contributed by atoms with E-state index in [-0.39, 0.29) is 0 Å². The predicted molar refractivity (Wildman–Crippen MR) is 115 cm³/mol. The Bertz CT molecular complexity index is 1150. The first-order chi connectivity index (χ1) is 13.6. The van der Waals surface area contributed by atoms with E-state index in [1.807, 2.05) is 18.2 Å². The molecular formula is C22H21N3O2S. The molecule has 4 aromatic rings. The molecule has 5 nitrogen and oxygen atoms in total. The summed E-state index contributed by atoms with van der Waals surface area (Å²) in [6, 6.07) is 12.2. The minimum Gasteiger partial charge on any atom is -0.493 e. The minimum absolute atomic E-state index is 0.694. The summed E-state index contributed by atoms with van der Waals surface area (Å²) >= 11 is 1.60. The molecule has 28 heavy (non-hydrogen) atoms. The number of benzene rings is 2. The zero-order valence-corrected chi connectivity index (χ0v) is 17.1. The van der Waals surface area contributed by atoms with Gasteiger partial charge in [0, 0.05) is 16.6 Å². The van der Waals surface area contributed by atoms with Crippen LogP contribution >= 0.6 is 11.3 Å². The monoisotopic (exact) mass is 391 g/mol. The fraction of sp³-hybridized carbons (Fsp3) is 0.182. The van der Waals surface area contributed by atoms with Gasteiger partial charge in [-0.2, -0.15) is 0 Å². The number of thiophene rings is 1. The van der Waals surface area contributed by atoms with Crippen molar-refractivity contribution in [3.63, 3.8) is 0 Å². The van der Waals surface area contributed by atoms with E-state index in [1.165, 1.54) is 11.1 Å². The van der Waals surface area contributed by atoms with Crippen molar-refractivity contribution in [1.29, 1.82) is 0 Å². The van der Waals surface area contributed by atoms with Crippen LogP contribution in [0.2, 0.25) is 0 Å². The Balaban J connectivity index is 1.82. The molecule has 0 saturated carbocycles. The molecular weight excluding hydrogens is 370 g/mol. The van der Waals surface area contributed by atoms with Crippen molar-refractivity contribution in [2.75, 3.05) is 19.5 Å². The number of hydrogen-bond acceptors (Lipinski definition) is 6. The van der Waals surface area contributed by atoms with Crippen LogP contribution in [0, 0.1) is 13.8 Å². The summed E-state index contributed by atoms with van der Waals surface area (Å²) in [4.78, 5) is 9.90. The van der Waals surface area contributed by atoms with Gasteiger partial charge in [-0.1, -0.05) is 12.1 Å². The van der Waals surface area contributed by atoms with E-state index in [0.29, 0.717) is 11.5 Å². The van der Waals surface area contributed by atoms with Gasteiger partial charge in [-0.05, 0) is 54.8 Å². The summed E-state index contributed by atoms with van der Waals surface area (Å²) < 4.78 is 10.8. The summed E-state index contributed by atoms with van der Waals surface area (Å²) in [6.07, 6.45) is 1.60. The third-order valence-electron chi connectivity index (χ3n) is 4.83. The number of aryl methyl sites for hydroxylation is 2. The lowest BCUT2D eigenvalue weighted by molar-refractivity contribution is 0.355. The average molecular weight is 391 g/mol. The van der Waals surface area contributed by atoms with Gasteiger partial charge >= 0.3 is 0 Å². The van der Waals surface area contributed by atoms with Gasteiger partial charge in [0.05, 0.1) is 19.6 Å². The van der Waals surface area contributed by atoms with Crippen LogP contribution in [0.25, 0.3) is 21.3 Å². The Kier molecular flexibility index (Phi) is 4.88. The van der Waals surface area contributed by atoms with Crippen LogP contribution in [0.15, 0.2) is 48.1 Å². The van der Waals surface area contributed by atoms with Crippen LogP contribution in [0.4, 0.5) is 11.5 Å². The maximum Gasteiger partial charge on any atom is 0.161 e. The molecule has 0 aliphatic carbocycles. The first kappa shape index (κ1) is 18.3. The summed E-state index contributed by atoms with van der Waals surface area (Å²) in [5.41, 5.74) is 5.60. The molecule has 0 aliphatic rings. The molecule has 2 aromatic carbocycles. The largest absolute Gasteiger partial charge is 0.493 e. The SMILES string of the molecule is COc1ccc(-c2csc3ncnc(Nc4ccc(C)c(C)c4)c23)cc1OC. The lowest BCUT2D eigenvalue weighted by Crippen LogP contribution is -1.96. The van der Waals surface area contributed by atoms with Crippen LogP contribution in [0.3, 0.4) is 0 Å². The third-order valence-corrected chi connectivity index (χ3v) is 5.72. The van der Waals surface area contributed by atoms with Gasteiger partial charge in [0.2, 0.25) is 0 Å². The number of nitrogens with one attached hydrogen (secondary N) is 1. The zero-order chi connectivity index (χ0) is 19.7. The van der Waals surface area contributed by atoms with E-state index in [1.54, 1.807) is 31.9 Å². The number of methoxy groups -OCH3 is 2. The third kappa shape index (κ3) is 3.27.